The number of aliphatic hydroxyl groups is 3. The Balaban J connectivity index is 1.33. The third-order valence-corrected chi connectivity index (χ3v) is 11.8. The molecule has 14 atom stereocenters. The average molecular weight is 611 g/mol. The van der Waals surface area contributed by atoms with Crippen LogP contribution in [0.2, 0.25) is 0 Å². The molecule has 12 heteroatoms. The van der Waals surface area contributed by atoms with Crippen molar-refractivity contribution in [2.45, 2.75) is 122 Å². The number of ketones is 1. The van der Waals surface area contributed by atoms with Crippen molar-refractivity contribution in [1.82, 2.24) is 0 Å². The molecule has 0 aromatic carbocycles. The topological polar surface area (TPSA) is 186 Å². The van der Waals surface area contributed by atoms with E-state index in [2.05, 4.69) is 13.8 Å². The molecular weight excluding hydrogens is 564 g/mol. The van der Waals surface area contributed by atoms with Crippen LogP contribution >= 0.6 is 0 Å². The number of rotatable bonds is 7. The summed E-state index contributed by atoms with van der Waals surface area (Å²) in [5.74, 6) is -1.83. The average Bonchev–Trinajstić information content (AvgIpc) is 3.28. The van der Waals surface area contributed by atoms with Gasteiger partial charge in [-0.05, 0) is 80.0 Å². The van der Waals surface area contributed by atoms with Gasteiger partial charge in [0.25, 0.3) is 0 Å². The monoisotopic (exact) mass is 610 g/mol. The Kier molecular flexibility index (Phi) is 9.01. The van der Waals surface area contributed by atoms with Crippen molar-refractivity contribution in [2.24, 2.45) is 40.4 Å². The van der Waals surface area contributed by atoms with Gasteiger partial charge < -0.3 is 39.4 Å². The molecule has 0 aromatic rings. The summed E-state index contributed by atoms with van der Waals surface area (Å²) in [6, 6.07) is 0. The van der Waals surface area contributed by atoms with Gasteiger partial charge in [0.15, 0.2) is 18.2 Å². The van der Waals surface area contributed by atoms with Crippen LogP contribution in [0.25, 0.3) is 0 Å². The summed E-state index contributed by atoms with van der Waals surface area (Å²) in [7, 11) is 0. The van der Waals surface area contributed by atoms with Crippen LogP contribution < -0.4 is 0 Å². The maximum absolute atomic E-state index is 13.2. The van der Waals surface area contributed by atoms with E-state index in [9.17, 15) is 39.6 Å². The number of ether oxygens (including phenoxy) is 4. The maximum atomic E-state index is 13.2. The Morgan fingerprint density at radius 3 is 2.26 bits per heavy atom. The fraction of sp³-hybridized carbons (Fsp3) is 0.871. The van der Waals surface area contributed by atoms with Crippen LogP contribution in [0, 0.1) is 40.4 Å². The Labute approximate surface area is 251 Å². The largest absolute Gasteiger partial charge is 0.479 e. The molecule has 4 aliphatic carbocycles. The molecule has 5 fully saturated rings. The van der Waals surface area contributed by atoms with Gasteiger partial charge in [-0.1, -0.05) is 13.8 Å². The number of fused-ring (bicyclic) bond motifs is 5. The van der Waals surface area contributed by atoms with Gasteiger partial charge in [0, 0.05) is 25.7 Å². The predicted molar refractivity (Wildman–Crippen MR) is 147 cm³/mol. The molecular formula is C31H46O12. The number of Topliss-reactive ketones (excluding diaryl/α,β-unsaturated/α-hetero) is 1. The molecule has 12 nitrogen and oxygen atoms in total. The zero-order valence-corrected chi connectivity index (χ0v) is 25.3. The van der Waals surface area contributed by atoms with Gasteiger partial charge in [0.05, 0.1) is 6.10 Å². The lowest BCUT2D eigenvalue weighted by Crippen LogP contribution is -2.62. The van der Waals surface area contributed by atoms with Crippen molar-refractivity contribution < 1.29 is 58.6 Å². The van der Waals surface area contributed by atoms with Crippen LogP contribution in [-0.2, 0) is 38.1 Å². The van der Waals surface area contributed by atoms with Crippen molar-refractivity contribution in [1.29, 1.82) is 0 Å². The molecule has 5 rings (SSSR count). The summed E-state index contributed by atoms with van der Waals surface area (Å²) in [5.41, 5.74) is -0.558. The van der Waals surface area contributed by atoms with Crippen LogP contribution in [0.3, 0.4) is 0 Å². The maximum Gasteiger partial charge on any atom is 0.335 e. The number of carbonyl (C=O) groups is 4. The summed E-state index contributed by atoms with van der Waals surface area (Å²) in [6.45, 7) is 6.86. The number of hydrogen-bond donors (Lipinski definition) is 4. The lowest BCUT2D eigenvalue weighted by molar-refractivity contribution is -0.310. The van der Waals surface area contributed by atoms with E-state index in [1.165, 1.54) is 13.8 Å². The molecule has 1 unspecified atom stereocenters. The highest BCUT2D eigenvalue weighted by atomic mass is 16.7. The first-order valence-corrected chi connectivity index (χ1v) is 15.6. The molecule has 0 amide bonds. The second-order valence-corrected chi connectivity index (χ2v) is 14.1. The molecule has 0 bridgehead atoms. The Hall–Kier alpha value is -2.12. The molecule has 0 radical (unpaired) electrons. The molecule has 5 aliphatic rings. The highest BCUT2D eigenvalue weighted by Crippen LogP contribution is 2.68. The highest BCUT2D eigenvalue weighted by Gasteiger charge is 2.65. The summed E-state index contributed by atoms with van der Waals surface area (Å²) >= 11 is 0. The number of carboxylic acid groups (broad SMARTS) is 1. The first-order valence-electron chi connectivity index (χ1n) is 15.6. The fourth-order valence-electron chi connectivity index (χ4n) is 9.91. The standard InChI is InChI=1S/C31H46O12/c1-14(32)40-13-21(34)20-8-7-19-18-6-5-16-11-17(42-29-26(37)24(35)25(36)27(43-29)28(38)39)9-10-30(16,3)23(18)22(41-15(2)33)12-31(19,20)4/h16-20,22-27,29,35-37H,5-13H2,1-4H3,(H,38,39)/t16-,17+,18+,19+,20-,22-,23-,24-,25+,26-,27+,29?,30+,31+/m1/s1. The van der Waals surface area contributed by atoms with E-state index in [-0.39, 0.29) is 71.0 Å². The van der Waals surface area contributed by atoms with Crippen molar-refractivity contribution in [3.05, 3.63) is 0 Å². The number of carboxylic acids is 1. The molecule has 242 valence electrons. The summed E-state index contributed by atoms with van der Waals surface area (Å²) in [4.78, 5) is 48.5. The first-order chi connectivity index (χ1) is 20.2. The van der Waals surface area contributed by atoms with Crippen molar-refractivity contribution >= 4 is 23.7 Å². The van der Waals surface area contributed by atoms with Gasteiger partial charge in [0.1, 0.15) is 31.0 Å². The molecule has 4 N–H and O–H groups in total. The van der Waals surface area contributed by atoms with Gasteiger partial charge in [-0.2, -0.15) is 0 Å². The van der Waals surface area contributed by atoms with Crippen LogP contribution in [0.1, 0.15) is 79.1 Å². The number of hydrogen-bond acceptors (Lipinski definition) is 11. The molecule has 0 aromatic heterocycles. The zero-order valence-electron chi connectivity index (χ0n) is 25.3. The lowest BCUT2D eigenvalue weighted by Gasteiger charge is -2.62. The molecule has 4 saturated carbocycles. The number of aliphatic hydroxyl groups excluding tert-OH is 3. The molecule has 43 heavy (non-hydrogen) atoms. The Morgan fingerprint density at radius 2 is 1.60 bits per heavy atom. The second-order valence-electron chi connectivity index (χ2n) is 14.1. The lowest BCUT2D eigenvalue weighted by atomic mass is 9.43. The van der Waals surface area contributed by atoms with E-state index >= 15 is 0 Å². The molecule has 0 spiro atoms. The minimum absolute atomic E-state index is 0.0762. The summed E-state index contributed by atoms with van der Waals surface area (Å²) < 4.78 is 22.6. The minimum Gasteiger partial charge on any atom is -0.479 e. The first kappa shape index (κ1) is 32.3. The molecule has 1 heterocycles. The predicted octanol–water partition coefficient (Wildman–Crippen LogP) is 1.60. The summed E-state index contributed by atoms with van der Waals surface area (Å²) in [5, 5.41) is 40.1. The van der Waals surface area contributed by atoms with E-state index in [1.807, 2.05) is 0 Å². The smallest absolute Gasteiger partial charge is 0.335 e. The van der Waals surface area contributed by atoms with Gasteiger partial charge >= 0.3 is 17.9 Å². The zero-order chi connectivity index (χ0) is 31.4. The van der Waals surface area contributed by atoms with Crippen molar-refractivity contribution in [2.75, 3.05) is 6.61 Å². The van der Waals surface area contributed by atoms with Crippen LogP contribution in [0.5, 0.6) is 0 Å². The molecule has 1 saturated heterocycles. The van der Waals surface area contributed by atoms with E-state index in [0.717, 1.165) is 32.1 Å². The van der Waals surface area contributed by atoms with Crippen LogP contribution in [0.4, 0.5) is 0 Å². The van der Waals surface area contributed by atoms with E-state index in [1.54, 1.807) is 0 Å². The number of aliphatic carboxylic acids is 1. The Bertz CT molecular complexity index is 1110. The fourth-order valence-corrected chi connectivity index (χ4v) is 9.91. The van der Waals surface area contributed by atoms with Crippen molar-refractivity contribution in [3.63, 3.8) is 0 Å². The highest BCUT2D eigenvalue weighted by molar-refractivity contribution is 5.85. The van der Waals surface area contributed by atoms with Crippen molar-refractivity contribution in [3.8, 4) is 0 Å². The van der Waals surface area contributed by atoms with Gasteiger partial charge in [-0.3, -0.25) is 14.4 Å². The normalized spacial score (nSPS) is 47.4. The number of esters is 2. The van der Waals surface area contributed by atoms with Crippen LogP contribution in [0.15, 0.2) is 0 Å². The van der Waals surface area contributed by atoms with Gasteiger partial charge in [-0.15, -0.1) is 0 Å². The van der Waals surface area contributed by atoms with E-state index in [0.29, 0.717) is 19.3 Å². The third kappa shape index (κ3) is 5.74. The van der Waals surface area contributed by atoms with E-state index < -0.39 is 42.6 Å². The quantitative estimate of drug-likeness (QED) is 0.241. The third-order valence-electron chi connectivity index (χ3n) is 11.8. The minimum atomic E-state index is -1.78. The van der Waals surface area contributed by atoms with Gasteiger partial charge in [-0.25, -0.2) is 4.79 Å². The van der Waals surface area contributed by atoms with Gasteiger partial charge in [0.2, 0.25) is 0 Å². The molecule has 1 aliphatic heterocycles. The van der Waals surface area contributed by atoms with E-state index in [4.69, 9.17) is 18.9 Å². The SMILES string of the molecule is CC(=O)OCC(=O)[C@H]1CC[C@H]2[C@@H]3CC[C@@H]4C[C@@H](OC5O[C@H](C(=O)O)[C@@H](O)[C@@H](O)[C@H]5O)CC[C@]4(C)[C@H]3[C@H](OC(C)=O)C[C@]12C. The van der Waals surface area contributed by atoms with Crippen LogP contribution in [-0.4, -0.2) is 93.6 Å². The Morgan fingerprint density at radius 1 is 0.884 bits per heavy atom. The number of carbonyl (C=O) groups excluding carboxylic acids is 3. The summed E-state index contributed by atoms with van der Waals surface area (Å²) in [6.07, 6.45) is -3.00. The second kappa shape index (κ2) is 12.0.